The topological polar surface area (TPSA) is 0 Å². The van der Waals surface area contributed by atoms with Crippen LogP contribution in [-0.2, 0) is 0 Å². The van der Waals surface area contributed by atoms with Crippen LogP contribution in [-0.4, -0.2) is 0 Å². The maximum Gasteiger partial charge on any atom is -0.0111 e. The van der Waals surface area contributed by atoms with Crippen LogP contribution in [0.2, 0.25) is 0 Å². The van der Waals surface area contributed by atoms with Crippen LogP contribution in [0.25, 0.3) is 11.1 Å². The molecule has 0 aliphatic rings. The van der Waals surface area contributed by atoms with Crippen molar-refractivity contribution in [3.05, 3.63) is 84.9 Å². The fourth-order valence-electron chi connectivity index (χ4n) is 1.59. The minimum Gasteiger partial charge on any atom is -0.0905 e. The molecule has 0 aliphatic heterocycles. The van der Waals surface area contributed by atoms with Gasteiger partial charge in [0.15, 0.2) is 0 Å². The Bertz CT molecular complexity index is 443. The molecule has 0 spiro atoms. The van der Waals surface area contributed by atoms with E-state index in [4.69, 9.17) is 6.58 Å². The predicted molar refractivity (Wildman–Crippen MR) is 69.6 cm³/mol. The van der Waals surface area contributed by atoms with Gasteiger partial charge in [0, 0.05) is 0 Å². The third-order valence-electron chi connectivity index (χ3n) is 2.53. The highest BCUT2D eigenvalue weighted by Crippen LogP contribution is 2.27. The van der Waals surface area contributed by atoms with E-state index >= 15 is 0 Å². The van der Waals surface area contributed by atoms with Gasteiger partial charge < -0.3 is 0 Å². The summed E-state index contributed by atoms with van der Waals surface area (Å²) in [6.45, 7) is 10.1. The van der Waals surface area contributed by atoms with Gasteiger partial charge in [0.2, 0.25) is 0 Å². The van der Waals surface area contributed by atoms with E-state index in [0.717, 1.165) is 22.3 Å². The van der Waals surface area contributed by atoms with E-state index in [0.29, 0.717) is 0 Å². The second-order valence-electron chi connectivity index (χ2n) is 3.62. The van der Waals surface area contributed by atoms with E-state index in [1.165, 1.54) is 0 Å². The van der Waals surface area contributed by atoms with E-state index in [2.05, 4.69) is 6.58 Å². The van der Waals surface area contributed by atoms with Gasteiger partial charge in [-0.15, -0.1) is 0 Å². The SMILES string of the molecule is [CH]=C(C(=C)c1ccccc1)c1ccccc1. The zero-order chi connectivity index (χ0) is 11.4. The first kappa shape index (κ1) is 10.4. The van der Waals surface area contributed by atoms with Gasteiger partial charge in [0.1, 0.15) is 0 Å². The third-order valence-corrected chi connectivity index (χ3v) is 2.53. The summed E-state index contributed by atoms with van der Waals surface area (Å²) < 4.78 is 0. The van der Waals surface area contributed by atoms with E-state index in [1.54, 1.807) is 0 Å². The van der Waals surface area contributed by atoms with Crippen molar-refractivity contribution in [2.45, 2.75) is 0 Å². The molecule has 0 saturated heterocycles. The molecule has 0 atom stereocenters. The molecule has 16 heavy (non-hydrogen) atoms. The molecular weight excluding hydrogens is 192 g/mol. The van der Waals surface area contributed by atoms with Crippen LogP contribution in [0, 0.1) is 6.58 Å². The minimum atomic E-state index is 0.729. The number of hydrogen-bond donors (Lipinski definition) is 0. The molecule has 2 rings (SSSR count). The molecule has 0 aromatic heterocycles. The number of allylic oxidation sites excluding steroid dienone is 2. The zero-order valence-electron chi connectivity index (χ0n) is 9.06. The van der Waals surface area contributed by atoms with E-state index in [-0.39, 0.29) is 0 Å². The highest BCUT2D eigenvalue weighted by Gasteiger charge is 2.04. The standard InChI is InChI=1S/C16H13/c1-13(15-9-5-3-6-10-15)14(2)16-11-7-4-8-12-16/h1,3-12H,2H2. The fraction of sp³-hybridized carbons (Fsp3) is 0. The summed E-state index contributed by atoms with van der Waals surface area (Å²) in [5.41, 5.74) is 3.67. The first-order chi connectivity index (χ1) is 7.79. The first-order valence-corrected chi connectivity index (χ1v) is 5.21. The van der Waals surface area contributed by atoms with Gasteiger partial charge in [-0.3, -0.25) is 0 Å². The Morgan fingerprint density at radius 2 is 1.19 bits per heavy atom. The van der Waals surface area contributed by atoms with Crippen molar-refractivity contribution in [3.8, 4) is 0 Å². The van der Waals surface area contributed by atoms with E-state index in [1.807, 2.05) is 60.7 Å². The van der Waals surface area contributed by atoms with Crippen molar-refractivity contribution < 1.29 is 0 Å². The fourth-order valence-corrected chi connectivity index (χ4v) is 1.59. The van der Waals surface area contributed by atoms with Crippen molar-refractivity contribution in [1.29, 1.82) is 0 Å². The van der Waals surface area contributed by atoms with Gasteiger partial charge in [-0.05, 0) is 22.3 Å². The highest BCUT2D eigenvalue weighted by molar-refractivity contribution is 6.02. The predicted octanol–water partition coefficient (Wildman–Crippen LogP) is 4.22. The molecule has 0 N–H and O–H groups in total. The quantitative estimate of drug-likeness (QED) is 0.658. The molecule has 2 aromatic rings. The molecule has 2 aromatic carbocycles. The van der Waals surface area contributed by atoms with Gasteiger partial charge >= 0.3 is 0 Å². The lowest BCUT2D eigenvalue weighted by Crippen LogP contribution is -1.87. The maximum atomic E-state index is 6.09. The van der Waals surface area contributed by atoms with Crippen molar-refractivity contribution in [2.75, 3.05) is 0 Å². The van der Waals surface area contributed by atoms with E-state index < -0.39 is 0 Å². The molecule has 1 radical (unpaired) electrons. The van der Waals surface area contributed by atoms with Gasteiger partial charge in [0.25, 0.3) is 0 Å². The molecule has 0 aliphatic carbocycles. The lowest BCUT2D eigenvalue weighted by molar-refractivity contribution is 1.59. The van der Waals surface area contributed by atoms with Crippen molar-refractivity contribution in [1.82, 2.24) is 0 Å². The third kappa shape index (κ3) is 2.12. The van der Waals surface area contributed by atoms with Crippen LogP contribution in [0.15, 0.2) is 67.2 Å². The summed E-state index contributed by atoms with van der Waals surface area (Å²) >= 11 is 0. The van der Waals surface area contributed by atoms with Gasteiger partial charge in [0.05, 0.1) is 0 Å². The average molecular weight is 205 g/mol. The molecule has 0 bridgehead atoms. The summed E-state index contributed by atoms with van der Waals surface area (Å²) in [7, 11) is 0. The van der Waals surface area contributed by atoms with Crippen molar-refractivity contribution in [3.63, 3.8) is 0 Å². The Hall–Kier alpha value is -2.08. The summed E-state index contributed by atoms with van der Waals surface area (Å²) in [6, 6.07) is 19.9. The smallest absolute Gasteiger partial charge is 0.0111 e. The Balaban J connectivity index is 2.28. The second-order valence-corrected chi connectivity index (χ2v) is 3.62. The summed E-state index contributed by atoms with van der Waals surface area (Å²) in [5.74, 6) is 0. The maximum absolute atomic E-state index is 6.09. The summed E-state index contributed by atoms with van der Waals surface area (Å²) in [6.07, 6.45) is 0. The summed E-state index contributed by atoms with van der Waals surface area (Å²) in [5, 5.41) is 0. The van der Waals surface area contributed by atoms with Crippen LogP contribution in [0.5, 0.6) is 0 Å². The Kier molecular flexibility index (Phi) is 3.02. The van der Waals surface area contributed by atoms with Crippen LogP contribution in [0.1, 0.15) is 11.1 Å². The van der Waals surface area contributed by atoms with Crippen LogP contribution in [0.4, 0.5) is 0 Å². The monoisotopic (exact) mass is 205 g/mol. The molecular formula is C16H13. The molecule has 0 unspecified atom stereocenters. The van der Waals surface area contributed by atoms with Crippen LogP contribution >= 0.6 is 0 Å². The minimum absolute atomic E-state index is 0.729. The molecule has 0 heteroatoms. The van der Waals surface area contributed by atoms with Gasteiger partial charge in [-0.2, -0.15) is 0 Å². The lowest BCUT2D eigenvalue weighted by atomic mass is 9.95. The Morgan fingerprint density at radius 1 is 0.750 bits per heavy atom. The van der Waals surface area contributed by atoms with Crippen LogP contribution < -0.4 is 0 Å². The normalized spacial score (nSPS) is 9.75. The van der Waals surface area contributed by atoms with Crippen molar-refractivity contribution >= 4 is 11.1 Å². The molecule has 77 valence electrons. The largest absolute Gasteiger partial charge is 0.0905 e. The molecule has 0 heterocycles. The first-order valence-electron chi connectivity index (χ1n) is 5.21. The number of hydrogen-bond acceptors (Lipinski definition) is 0. The average Bonchev–Trinajstić information content (AvgIpc) is 2.39. The number of rotatable bonds is 3. The van der Waals surface area contributed by atoms with Crippen molar-refractivity contribution in [2.24, 2.45) is 0 Å². The molecule has 0 saturated carbocycles. The van der Waals surface area contributed by atoms with Crippen LogP contribution in [0.3, 0.4) is 0 Å². The van der Waals surface area contributed by atoms with Gasteiger partial charge in [-0.1, -0.05) is 73.8 Å². The molecule has 0 amide bonds. The molecule has 0 fully saturated rings. The summed E-state index contributed by atoms with van der Waals surface area (Å²) in [4.78, 5) is 0. The Labute approximate surface area is 96.6 Å². The van der Waals surface area contributed by atoms with Gasteiger partial charge in [-0.25, -0.2) is 0 Å². The lowest BCUT2D eigenvalue weighted by Gasteiger charge is -2.09. The number of benzene rings is 2. The highest BCUT2D eigenvalue weighted by atomic mass is 14.1. The molecule has 0 nitrogen and oxygen atoms in total. The second kappa shape index (κ2) is 4.63. The zero-order valence-corrected chi connectivity index (χ0v) is 9.06. The van der Waals surface area contributed by atoms with E-state index in [9.17, 15) is 0 Å². The Morgan fingerprint density at radius 3 is 1.69 bits per heavy atom.